The lowest BCUT2D eigenvalue weighted by Gasteiger charge is -2.26. The van der Waals surface area contributed by atoms with Crippen LogP contribution in [0.15, 0.2) is 53.3 Å². The standard InChI is InChI=1S/C21H22N4O3/c1-24-18-8-3-2-7-17(18)20(26)19(23-24)21(27)22-16-6-4-5-15(13-16)14-25-9-11-28-12-10-25/h2-8,13H,9-12,14H2,1H3,(H,22,27). The number of nitrogens with one attached hydrogen (secondary N) is 1. The van der Waals surface area contributed by atoms with E-state index in [0.29, 0.717) is 16.6 Å². The number of morpholine rings is 1. The number of nitrogens with zero attached hydrogens (tertiary/aromatic N) is 3. The van der Waals surface area contributed by atoms with E-state index in [2.05, 4.69) is 15.3 Å². The van der Waals surface area contributed by atoms with Crippen LogP contribution in [-0.2, 0) is 18.3 Å². The van der Waals surface area contributed by atoms with Crippen molar-refractivity contribution in [3.05, 3.63) is 70.0 Å². The van der Waals surface area contributed by atoms with Gasteiger partial charge in [0, 0.05) is 37.8 Å². The minimum atomic E-state index is -0.505. The molecular weight excluding hydrogens is 356 g/mol. The number of hydrogen-bond donors (Lipinski definition) is 1. The third-order valence-electron chi connectivity index (χ3n) is 4.87. The summed E-state index contributed by atoms with van der Waals surface area (Å²) in [6.07, 6.45) is 0. The molecule has 0 aliphatic carbocycles. The van der Waals surface area contributed by atoms with Crippen LogP contribution in [0.5, 0.6) is 0 Å². The van der Waals surface area contributed by atoms with Crippen molar-refractivity contribution in [1.82, 2.24) is 14.7 Å². The lowest BCUT2D eigenvalue weighted by Crippen LogP contribution is -2.35. The molecule has 1 N–H and O–H groups in total. The average molecular weight is 378 g/mol. The molecule has 28 heavy (non-hydrogen) atoms. The van der Waals surface area contributed by atoms with Crippen molar-refractivity contribution in [2.75, 3.05) is 31.6 Å². The molecule has 0 spiro atoms. The number of ether oxygens (including phenoxy) is 1. The van der Waals surface area contributed by atoms with E-state index in [4.69, 9.17) is 4.74 Å². The number of carbonyl (C=O) groups excluding carboxylic acids is 1. The second-order valence-corrected chi connectivity index (χ2v) is 6.86. The molecule has 1 fully saturated rings. The van der Waals surface area contributed by atoms with E-state index in [1.807, 2.05) is 30.3 Å². The molecule has 4 rings (SSSR count). The Kier molecular flexibility index (Phi) is 5.18. The Labute approximate surface area is 162 Å². The average Bonchev–Trinajstić information content (AvgIpc) is 2.72. The van der Waals surface area contributed by atoms with Crippen LogP contribution >= 0.6 is 0 Å². The molecule has 144 valence electrons. The Bertz CT molecular complexity index is 1070. The van der Waals surface area contributed by atoms with Gasteiger partial charge >= 0.3 is 0 Å². The first-order chi connectivity index (χ1) is 13.6. The number of hydrogen-bond acceptors (Lipinski definition) is 5. The third kappa shape index (κ3) is 3.81. The summed E-state index contributed by atoms with van der Waals surface area (Å²) in [5, 5.41) is 7.47. The second-order valence-electron chi connectivity index (χ2n) is 6.86. The molecule has 1 aliphatic heterocycles. The molecule has 3 aromatic rings. The molecule has 0 radical (unpaired) electrons. The minimum absolute atomic E-state index is 0.111. The topological polar surface area (TPSA) is 76.5 Å². The fourth-order valence-electron chi connectivity index (χ4n) is 3.43. The van der Waals surface area contributed by atoms with Gasteiger partial charge in [0.05, 0.1) is 18.7 Å². The van der Waals surface area contributed by atoms with Crippen LogP contribution in [0.4, 0.5) is 5.69 Å². The number of amides is 1. The van der Waals surface area contributed by atoms with Gasteiger partial charge in [0.15, 0.2) is 5.69 Å². The lowest BCUT2D eigenvalue weighted by molar-refractivity contribution is 0.0342. The highest BCUT2D eigenvalue weighted by Gasteiger charge is 2.17. The van der Waals surface area contributed by atoms with E-state index in [1.165, 1.54) is 0 Å². The lowest BCUT2D eigenvalue weighted by atomic mass is 10.1. The summed E-state index contributed by atoms with van der Waals surface area (Å²) in [5.74, 6) is -0.505. The van der Waals surface area contributed by atoms with Gasteiger partial charge in [-0.15, -0.1) is 0 Å². The predicted molar refractivity (Wildman–Crippen MR) is 107 cm³/mol. The molecule has 1 amide bonds. The second kappa shape index (κ2) is 7.92. The number of carbonyl (C=O) groups is 1. The Morgan fingerprint density at radius 1 is 1.14 bits per heavy atom. The summed E-state index contributed by atoms with van der Waals surface area (Å²) in [4.78, 5) is 27.7. The maximum Gasteiger partial charge on any atom is 0.280 e. The number of aryl methyl sites for hydroxylation is 1. The quantitative estimate of drug-likeness (QED) is 0.752. The zero-order valence-electron chi connectivity index (χ0n) is 15.7. The smallest absolute Gasteiger partial charge is 0.280 e. The van der Waals surface area contributed by atoms with E-state index in [1.54, 1.807) is 29.9 Å². The Hall–Kier alpha value is -3.03. The maximum absolute atomic E-state index is 12.7. The van der Waals surface area contributed by atoms with E-state index in [-0.39, 0.29) is 11.1 Å². The van der Waals surface area contributed by atoms with Gasteiger partial charge in [-0.1, -0.05) is 24.3 Å². The van der Waals surface area contributed by atoms with E-state index in [0.717, 1.165) is 38.4 Å². The number of fused-ring (bicyclic) bond motifs is 1. The summed E-state index contributed by atoms with van der Waals surface area (Å²) < 4.78 is 6.93. The van der Waals surface area contributed by atoms with Gasteiger partial charge in [-0.3, -0.25) is 19.2 Å². The number of benzene rings is 2. The summed E-state index contributed by atoms with van der Waals surface area (Å²) >= 11 is 0. The number of aromatic nitrogens is 2. The van der Waals surface area contributed by atoms with Crippen LogP contribution in [0.25, 0.3) is 10.9 Å². The van der Waals surface area contributed by atoms with Crippen LogP contribution in [-0.4, -0.2) is 46.9 Å². The highest BCUT2D eigenvalue weighted by atomic mass is 16.5. The first kappa shape index (κ1) is 18.3. The zero-order valence-corrected chi connectivity index (χ0v) is 15.7. The molecule has 0 bridgehead atoms. The third-order valence-corrected chi connectivity index (χ3v) is 4.87. The molecule has 1 aliphatic rings. The van der Waals surface area contributed by atoms with Gasteiger partial charge in [0.25, 0.3) is 5.91 Å². The van der Waals surface area contributed by atoms with Crippen LogP contribution in [0.2, 0.25) is 0 Å². The maximum atomic E-state index is 12.7. The molecule has 0 unspecified atom stereocenters. The summed E-state index contributed by atoms with van der Waals surface area (Å²) in [6.45, 7) is 4.07. The fourth-order valence-corrected chi connectivity index (χ4v) is 3.43. The predicted octanol–water partition coefficient (Wildman–Crippen LogP) is 2.02. The van der Waals surface area contributed by atoms with Crippen molar-refractivity contribution in [3.8, 4) is 0 Å². The van der Waals surface area contributed by atoms with Gasteiger partial charge in [-0.05, 0) is 29.8 Å². The van der Waals surface area contributed by atoms with E-state index >= 15 is 0 Å². The van der Waals surface area contributed by atoms with Gasteiger partial charge < -0.3 is 10.1 Å². The summed E-state index contributed by atoms with van der Waals surface area (Å²) in [6, 6.07) is 14.8. The molecule has 1 aromatic heterocycles. The molecule has 2 aromatic carbocycles. The van der Waals surface area contributed by atoms with Gasteiger partial charge in [-0.25, -0.2) is 0 Å². The van der Waals surface area contributed by atoms with E-state index < -0.39 is 5.91 Å². The minimum Gasteiger partial charge on any atom is -0.379 e. The molecule has 2 heterocycles. The van der Waals surface area contributed by atoms with Crippen molar-refractivity contribution < 1.29 is 9.53 Å². The molecule has 0 saturated carbocycles. The largest absolute Gasteiger partial charge is 0.379 e. The summed E-state index contributed by atoms with van der Waals surface area (Å²) in [5.41, 5.74) is 1.96. The summed E-state index contributed by atoms with van der Waals surface area (Å²) in [7, 11) is 1.72. The Morgan fingerprint density at radius 2 is 1.93 bits per heavy atom. The first-order valence-electron chi connectivity index (χ1n) is 9.28. The first-order valence-corrected chi connectivity index (χ1v) is 9.28. The van der Waals surface area contributed by atoms with Crippen LogP contribution in [0, 0.1) is 0 Å². The monoisotopic (exact) mass is 378 g/mol. The molecule has 7 heteroatoms. The van der Waals surface area contributed by atoms with Gasteiger partial charge in [-0.2, -0.15) is 5.10 Å². The van der Waals surface area contributed by atoms with Crippen LogP contribution in [0.3, 0.4) is 0 Å². The van der Waals surface area contributed by atoms with Gasteiger partial charge in [0.1, 0.15) is 0 Å². The molecule has 1 saturated heterocycles. The van der Waals surface area contributed by atoms with Crippen LogP contribution in [0.1, 0.15) is 16.1 Å². The van der Waals surface area contributed by atoms with Crippen molar-refractivity contribution in [2.24, 2.45) is 7.05 Å². The van der Waals surface area contributed by atoms with Crippen LogP contribution < -0.4 is 10.7 Å². The van der Waals surface area contributed by atoms with Crippen molar-refractivity contribution in [3.63, 3.8) is 0 Å². The molecule has 0 atom stereocenters. The van der Waals surface area contributed by atoms with Crippen molar-refractivity contribution >= 4 is 22.5 Å². The Morgan fingerprint density at radius 3 is 2.75 bits per heavy atom. The molecular formula is C21H22N4O3. The van der Waals surface area contributed by atoms with Crippen molar-refractivity contribution in [2.45, 2.75) is 6.54 Å². The highest BCUT2D eigenvalue weighted by Crippen LogP contribution is 2.15. The SMILES string of the molecule is Cn1nc(C(=O)Nc2cccc(CN3CCOCC3)c2)c(=O)c2ccccc21. The molecule has 7 nitrogen and oxygen atoms in total. The normalized spacial score (nSPS) is 14.9. The zero-order chi connectivity index (χ0) is 19.5. The van der Waals surface area contributed by atoms with Crippen molar-refractivity contribution in [1.29, 1.82) is 0 Å². The number of anilines is 1. The fraction of sp³-hybridized carbons (Fsp3) is 0.286. The number of rotatable bonds is 4. The highest BCUT2D eigenvalue weighted by molar-refractivity contribution is 6.04. The van der Waals surface area contributed by atoms with E-state index in [9.17, 15) is 9.59 Å². The Balaban J connectivity index is 1.55. The number of para-hydroxylation sites is 1. The van der Waals surface area contributed by atoms with Gasteiger partial charge in [0.2, 0.25) is 5.43 Å².